The summed E-state index contributed by atoms with van der Waals surface area (Å²) in [5.41, 5.74) is 1.46. The molecule has 0 radical (unpaired) electrons. The lowest BCUT2D eigenvalue weighted by atomic mass is 10.1. The van der Waals surface area contributed by atoms with Crippen LogP contribution in [0.15, 0.2) is 24.3 Å². The van der Waals surface area contributed by atoms with Gasteiger partial charge < -0.3 is 0 Å². The number of halogens is 1. The second kappa shape index (κ2) is 5.47. The van der Waals surface area contributed by atoms with Crippen LogP contribution in [0, 0.1) is 11.8 Å². The maximum atomic E-state index is 11.2. The number of hydrogen-bond acceptors (Lipinski definition) is 1. The molecule has 0 amide bonds. The molecule has 0 atom stereocenters. The van der Waals surface area contributed by atoms with Crippen LogP contribution in [0.25, 0.3) is 0 Å². The van der Waals surface area contributed by atoms with Crippen molar-refractivity contribution in [3.05, 3.63) is 35.4 Å². The highest BCUT2D eigenvalue weighted by Crippen LogP contribution is 2.07. The molecule has 1 rings (SSSR count). The van der Waals surface area contributed by atoms with Gasteiger partial charge in [0.1, 0.15) is 0 Å². The van der Waals surface area contributed by atoms with Gasteiger partial charge >= 0.3 is 0 Å². The third-order valence-corrected chi connectivity index (χ3v) is 1.94. The molecule has 0 saturated heterocycles. The number of hydrogen-bond donors (Lipinski definition) is 0. The number of alkyl halides is 1. The molecule has 0 aliphatic rings. The van der Waals surface area contributed by atoms with Crippen molar-refractivity contribution in [2.75, 3.05) is 5.88 Å². The molecule has 1 aromatic carbocycles. The van der Waals surface area contributed by atoms with Gasteiger partial charge in [-0.1, -0.05) is 30.0 Å². The largest absolute Gasteiger partial charge is 0.294 e. The van der Waals surface area contributed by atoms with Crippen LogP contribution in [0.3, 0.4) is 0 Å². The molecule has 1 aromatic rings. The van der Waals surface area contributed by atoms with E-state index in [1.807, 2.05) is 18.2 Å². The smallest absolute Gasteiger partial charge is 0.161 e. The minimum atomic E-state index is 0.0424. The van der Waals surface area contributed by atoms with Crippen LogP contribution < -0.4 is 0 Å². The maximum absolute atomic E-state index is 11.2. The first kappa shape index (κ1) is 10.8. The minimum Gasteiger partial charge on any atom is -0.294 e. The molecule has 0 heterocycles. The van der Waals surface area contributed by atoms with Crippen LogP contribution in [-0.4, -0.2) is 11.7 Å². The number of rotatable bonds is 2. The van der Waals surface area contributed by atoms with Gasteiger partial charge in [0.25, 0.3) is 0 Å². The molecule has 14 heavy (non-hydrogen) atoms. The summed E-state index contributed by atoms with van der Waals surface area (Å²) in [6.45, 7) is 1.54. The van der Waals surface area contributed by atoms with Crippen LogP contribution in [-0.2, 0) is 0 Å². The van der Waals surface area contributed by atoms with Gasteiger partial charge in [-0.05, 0) is 13.0 Å². The lowest BCUT2D eigenvalue weighted by Gasteiger charge is -1.97. The van der Waals surface area contributed by atoms with E-state index in [2.05, 4.69) is 11.8 Å². The Balaban J connectivity index is 2.97. The lowest BCUT2D eigenvalue weighted by Crippen LogP contribution is -1.95. The Labute approximate surface area is 89.1 Å². The van der Waals surface area contributed by atoms with Gasteiger partial charge in [-0.2, -0.15) is 0 Å². The summed E-state index contributed by atoms with van der Waals surface area (Å²) in [7, 11) is 0. The van der Waals surface area contributed by atoms with Crippen LogP contribution in [0.2, 0.25) is 0 Å². The van der Waals surface area contributed by atoms with Crippen LogP contribution in [0.4, 0.5) is 0 Å². The Morgan fingerprint density at radius 2 is 2.14 bits per heavy atom. The van der Waals surface area contributed by atoms with Crippen molar-refractivity contribution in [2.24, 2.45) is 0 Å². The average Bonchev–Trinajstić information content (AvgIpc) is 2.19. The summed E-state index contributed by atoms with van der Waals surface area (Å²) in [6, 6.07) is 7.34. The predicted molar refractivity (Wildman–Crippen MR) is 58.7 cm³/mol. The Kier molecular flexibility index (Phi) is 4.22. The van der Waals surface area contributed by atoms with Crippen LogP contribution in [0.1, 0.15) is 29.3 Å². The number of carbonyl (C=O) groups is 1. The number of ketones is 1. The van der Waals surface area contributed by atoms with E-state index in [-0.39, 0.29) is 5.78 Å². The molecule has 0 N–H and O–H groups in total. The van der Waals surface area contributed by atoms with E-state index in [0.29, 0.717) is 17.9 Å². The van der Waals surface area contributed by atoms with Crippen molar-refractivity contribution >= 4 is 17.4 Å². The fraction of sp³-hybridized carbons (Fsp3) is 0.250. The van der Waals surface area contributed by atoms with Gasteiger partial charge in [-0.15, -0.1) is 11.6 Å². The highest BCUT2D eigenvalue weighted by atomic mass is 35.5. The fourth-order valence-electron chi connectivity index (χ4n) is 1.10. The number of carbonyl (C=O) groups excluding carboxylic acids is 1. The van der Waals surface area contributed by atoms with Gasteiger partial charge in [0, 0.05) is 23.4 Å². The third kappa shape index (κ3) is 2.90. The SMILES string of the molecule is CC(=O)c1ccccc1C#CCCCl. The molecule has 0 saturated carbocycles. The van der Waals surface area contributed by atoms with Crippen molar-refractivity contribution in [3.8, 4) is 11.8 Å². The number of benzene rings is 1. The standard InChI is InChI=1S/C12H11ClO/c1-10(14)12-8-3-2-6-11(12)7-4-5-9-13/h2-3,6,8H,5,9H2,1H3. The van der Waals surface area contributed by atoms with Crippen LogP contribution >= 0.6 is 11.6 Å². The van der Waals surface area contributed by atoms with E-state index in [4.69, 9.17) is 11.6 Å². The Bertz CT molecular complexity index is 385. The Morgan fingerprint density at radius 3 is 2.79 bits per heavy atom. The molecule has 2 heteroatoms. The zero-order valence-corrected chi connectivity index (χ0v) is 8.77. The molecule has 0 bridgehead atoms. The minimum absolute atomic E-state index is 0.0424. The van der Waals surface area contributed by atoms with E-state index < -0.39 is 0 Å². The van der Waals surface area contributed by atoms with Gasteiger partial charge in [0.15, 0.2) is 5.78 Å². The van der Waals surface area contributed by atoms with Crippen molar-refractivity contribution in [1.29, 1.82) is 0 Å². The first-order valence-electron chi connectivity index (χ1n) is 4.40. The molecule has 0 aromatic heterocycles. The lowest BCUT2D eigenvalue weighted by molar-refractivity contribution is 0.101. The zero-order chi connectivity index (χ0) is 10.4. The predicted octanol–water partition coefficient (Wildman–Crippen LogP) is 2.87. The van der Waals surface area contributed by atoms with E-state index in [0.717, 1.165) is 5.56 Å². The normalized spacial score (nSPS) is 9.00. The van der Waals surface area contributed by atoms with Crippen molar-refractivity contribution in [3.63, 3.8) is 0 Å². The molecule has 0 aliphatic heterocycles. The number of Topliss-reactive ketones (excluding diaryl/α,β-unsaturated/α-hetero) is 1. The molecule has 0 unspecified atom stereocenters. The molecular formula is C12H11ClO. The van der Waals surface area contributed by atoms with Gasteiger partial charge in [-0.3, -0.25) is 4.79 Å². The van der Waals surface area contributed by atoms with Crippen molar-refractivity contribution < 1.29 is 4.79 Å². The highest BCUT2D eigenvalue weighted by molar-refractivity contribution is 6.18. The quantitative estimate of drug-likeness (QED) is 0.413. The third-order valence-electron chi connectivity index (χ3n) is 1.75. The molecule has 72 valence electrons. The molecule has 0 spiro atoms. The summed E-state index contributed by atoms with van der Waals surface area (Å²) in [4.78, 5) is 11.2. The van der Waals surface area contributed by atoms with E-state index in [1.165, 1.54) is 0 Å². The summed E-state index contributed by atoms with van der Waals surface area (Å²) < 4.78 is 0. The maximum Gasteiger partial charge on any atom is 0.161 e. The zero-order valence-electron chi connectivity index (χ0n) is 8.01. The Morgan fingerprint density at radius 1 is 1.43 bits per heavy atom. The van der Waals surface area contributed by atoms with Gasteiger partial charge in [0.05, 0.1) is 0 Å². The fourth-order valence-corrected chi connectivity index (χ4v) is 1.20. The van der Waals surface area contributed by atoms with E-state index in [9.17, 15) is 4.79 Å². The second-order valence-electron chi connectivity index (χ2n) is 2.84. The second-order valence-corrected chi connectivity index (χ2v) is 3.22. The van der Waals surface area contributed by atoms with E-state index in [1.54, 1.807) is 13.0 Å². The van der Waals surface area contributed by atoms with Crippen LogP contribution in [0.5, 0.6) is 0 Å². The van der Waals surface area contributed by atoms with Crippen molar-refractivity contribution in [1.82, 2.24) is 0 Å². The highest BCUT2D eigenvalue weighted by Gasteiger charge is 2.02. The summed E-state index contributed by atoms with van der Waals surface area (Å²) in [5.74, 6) is 6.42. The molecular weight excluding hydrogens is 196 g/mol. The first-order valence-corrected chi connectivity index (χ1v) is 4.94. The first-order chi connectivity index (χ1) is 6.75. The summed E-state index contributed by atoms with van der Waals surface area (Å²) >= 11 is 5.50. The average molecular weight is 207 g/mol. The van der Waals surface area contributed by atoms with E-state index >= 15 is 0 Å². The molecule has 0 fully saturated rings. The summed E-state index contributed by atoms with van der Waals surface area (Å²) in [5, 5.41) is 0. The topological polar surface area (TPSA) is 17.1 Å². The van der Waals surface area contributed by atoms with Gasteiger partial charge in [0.2, 0.25) is 0 Å². The molecule has 0 aliphatic carbocycles. The van der Waals surface area contributed by atoms with Gasteiger partial charge in [-0.25, -0.2) is 0 Å². The Hall–Kier alpha value is -1.26. The molecule has 1 nitrogen and oxygen atoms in total. The van der Waals surface area contributed by atoms with Crippen molar-refractivity contribution in [2.45, 2.75) is 13.3 Å². The summed E-state index contributed by atoms with van der Waals surface area (Å²) in [6.07, 6.45) is 0.647. The monoisotopic (exact) mass is 206 g/mol.